The number of phenolic OH excluding ortho intramolecular Hbond substituents is 4. The van der Waals surface area contributed by atoms with Gasteiger partial charge >= 0.3 is 5.97 Å². The Labute approximate surface area is 260 Å². The lowest BCUT2D eigenvalue weighted by Crippen LogP contribution is -2.65. The number of aromatic hydroxyl groups is 4. The summed E-state index contributed by atoms with van der Waals surface area (Å²) in [4.78, 5) is 12.8. The molecule has 0 aromatic heterocycles. The first-order chi connectivity index (χ1) is 21.8. The molecule has 0 aliphatic carbocycles. The summed E-state index contributed by atoms with van der Waals surface area (Å²) in [6.07, 6.45) is -16.4. The molecule has 0 bridgehead atoms. The average molecular weight is 657 g/mol. The van der Waals surface area contributed by atoms with Crippen molar-refractivity contribution < 1.29 is 84.7 Å². The van der Waals surface area contributed by atoms with Crippen LogP contribution in [0.1, 0.15) is 17.2 Å². The minimum absolute atomic E-state index is 0.119. The second-order valence-electron chi connectivity index (χ2n) is 10.6. The first kappa shape index (κ1) is 35.3. The summed E-state index contributed by atoms with van der Waals surface area (Å²) >= 11 is 0. The lowest BCUT2D eigenvalue weighted by atomic mass is 9.96. The maximum atomic E-state index is 12.8. The molecule has 2 fully saturated rings. The molecule has 2 aliphatic rings. The van der Waals surface area contributed by atoms with Crippen molar-refractivity contribution in [3.63, 3.8) is 0 Å². The second-order valence-corrected chi connectivity index (χ2v) is 10.6. The molecule has 11 atom stereocenters. The number of phenols is 4. The summed E-state index contributed by atoms with van der Waals surface area (Å²) < 4.78 is 27.7. The number of rotatable bonds is 11. The van der Waals surface area contributed by atoms with Crippen LogP contribution in [0.5, 0.6) is 23.0 Å². The molecule has 0 amide bonds. The smallest absolute Gasteiger partial charge is 0.331 e. The summed E-state index contributed by atoms with van der Waals surface area (Å²) in [6.45, 7) is -2.21. The van der Waals surface area contributed by atoms with E-state index in [4.69, 9.17) is 23.7 Å². The molecule has 0 saturated carbocycles. The Kier molecular flexibility index (Phi) is 11.8. The first-order valence-corrected chi connectivity index (χ1v) is 14.0. The molecule has 4 rings (SSSR count). The van der Waals surface area contributed by atoms with Crippen LogP contribution in [0.4, 0.5) is 0 Å². The number of hydrogen-bond acceptors (Lipinski definition) is 17. The van der Waals surface area contributed by atoms with Crippen LogP contribution in [0.2, 0.25) is 0 Å². The highest BCUT2D eigenvalue weighted by molar-refractivity contribution is 5.87. The average Bonchev–Trinajstić information content (AvgIpc) is 3.03. The van der Waals surface area contributed by atoms with Crippen molar-refractivity contribution in [1.29, 1.82) is 0 Å². The van der Waals surface area contributed by atoms with Crippen molar-refractivity contribution >= 4 is 12.0 Å². The summed E-state index contributed by atoms with van der Waals surface area (Å²) in [5.74, 6) is -2.85. The van der Waals surface area contributed by atoms with Gasteiger partial charge in [-0.05, 0) is 41.5 Å². The number of esters is 1. The van der Waals surface area contributed by atoms with Gasteiger partial charge in [0.25, 0.3) is 0 Å². The fourth-order valence-electron chi connectivity index (χ4n) is 4.82. The van der Waals surface area contributed by atoms with Crippen LogP contribution in [-0.4, -0.2) is 143 Å². The van der Waals surface area contributed by atoms with Crippen LogP contribution in [0.3, 0.4) is 0 Å². The number of benzene rings is 2. The molecule has 0 unspecified atom stereocenters. The van der Waals surface area contributed by atoms with Gasteiger partial charge in [0, 0.05) is 6.08 Å². The molecular weight excluding hydrogens is 620 g/mol. The van der Waals surface area contributed by atoms with E-state index in [-0.39, 0.29) is 11.1 Å². The summed E-state index contributed by atoms with van der Waals surface area (Å²) in [6, 6.07) is 7.22. The molecular formula is C29H36O17. The van der Waals surface area contributed by atoms with Crippen LogP contribution in [0.25, 0.3) is 6.08 Å². The zero-order chi connectivity index (χ0) is 33.7. The topological polar surface area (TPSA) is 286 Å². The molecule has 17 heteroatoms. The van der Waals surface area contributed by atoms with Gasteiger partial charge in [-0.3, -0.25) is 0 Å². The van der Waals surface area contributed by atoms with Gasteiger partial charge in [0.2, 0.25) is 0 Å². The lowest BCUT2D eigenvalue weighted by Gasteiger charge is -2.46. The third kappa shape index (κ3) is 8.03. The Morgan fingerprint density at radius 3 is 2.02 bits per heavy atom. The normalized spacial score (nSPS) is 32.3. The van der Waals surface area contributed by atoms with Crippen molar-refractivity contribution in [2.24, 2.45) is 0 Å². The Balaban J connectivity index is 1.56. The Morgan fingerprint density at radius 2 is 1.39 bits per heavy atom. The van der Waals surface area contributed by atoms with Gasteiger partial charge in [-0.2, -0.15) is 0 Å². The van der Waals surface area contributed by atoms with Gasteiger partial charge in [0.1, 0.15) is 48.8 Å². The highest BCUT2D eigenvalue weighted by atomic mass is 16.7. The molecule has 254 valence electrons. The quantitative estimate of drug-likeness (QED) is 0.0674. The largest absolute Gasteiger partial charge is 0.504 e. The zero-order valence-electron chi connectivity index (χ0n) is 24.0. The number of aliphatic hydroxyl groups excluding tert-OH is 7. The molecule has 46 heavy (non-hydrogen) atoms. The van der Waals surface area contributed by atoms with E-state index in [9.17, 15) is 61.0 Å². The van der Waals surface area contributed by atoms with E-state index in [0.29, 0.717) is 0 Å². The second kappa shape index (κ2) is 15.3. The van der Waals surface area contributed by atoms with Crippen molar-refractivity contribution in [3.8, 4) is 23.0 Å². The summed E-state index contributed by atoms with van der Waals surface area (Å²) in [5, 5.41) is 111. The fraction of sp³-hybridized carbons (Fsp3) is 0.483. The maximum absolute atomic E-state index is 12.8. The number of ether oxygens (including phenoxy) is 5. The van der Waals surface area contributed by atoms with Crippen LogP contribution < -0.4 is 0 Å². The Morgan fingerprint density at radius 1 is 0.761 bits per heavy atom. The maximum Gasteiger partial charge on any atom is 0.331 e. The number of hydrogen-bond donors (Lipinski definition) is 11. The summed E-state index contributed by atoms with van der Waals surface area (Å²) in [7, 11) is 0. The molecule has 2 aromatic rings. The van der Waals surface area contributed by atoms with E-state index < -0.39 is 116 Å². The first-order valence-electron chi connectivity index (χ1n) is 14.0. The van der Waals surface area contributed by atoms with Crippen LogP contribution in [0.15, 0.2) is 42.5 Å². The van der Waals surface area contributed by atoms with Crippen molar-refractivity contribution in [3.05, 3.63) is 53.6 Å². The zero-order valence-corrected chi connectivity index (χ0v) is 24.0. The third-order valence-corrected chi connectivity index (χ3v) is 7.40. The molecule has 0 spiro atoms. The van der Waals surface area contributed by atoms with Gasteiger partial charge in [0.15, 0.2) is 41.7 Å². The van der Waals surface area contributed by atoms with Crippen molar-refractivity contribution in [1.82, 2.24) is 0 Å². The molecule has 2 heterocycles. The van der Waals surface area contributed by atoms with E-state index in [1.807, 2.05) is 0 Å². The predicted octanol–water partition coefficient (Wildman–Crippen LogP) is -2.55. The molecule has 11 N–H and O–H groups in total. The molecule has 2 aliphatic heterocycles. The number of carbonyl (C=O) groups is 1. The van der Waals surface area contributed by atoms with Crippen LogP contribution in [0, 0.1) is 0 Å². The Bertz CT molecular complexity index is 1350. The highest BCUT2D eigenvalue weighted by Crippen LogP contribution is 2.33. The molecule has 17 nitrogen and oxygen atoms in total. The van der Waals surface area contributed by atoms with Gasteiger partial charge < -0.3 is 79.9 Å². The van der Waals surface area contributed by atoms with Gasteiger partial charge in [-0.1, -0.05) is 12.1 Å². The monoisotopic (exact) mass is 656 g/mol. The predicted molar refractivity (Wildman–Crippen MR) is 150 cm³/mol. The minimum Gasteiger partial charge on any atom is -0.504 e. The van der Waals surface area contributed by atoms with Crippen molar-refractivity contribution in [2.45, 2.75) is 67.5 Å². The van der Waals surface area contributed by atoms with Crippen LogP contribution in [-0.2, 0) is 28.5 Å². The summed E-state index contributed by atoms with van der Waals surface area (Å²) in [5.41, 5.74) is 0.406. The standard InChI is InChI=1S/C29H36O17/c30-9-19-22(38)23(39)24(40)29(43-19)46-27-25(41)28(42-11-18(36)13-3-5-15(33)17(35)8-13)44-20(10-31)26(27)45-21(37)6-2-12-1-4-14(32)16(34)7-12/h1-8,18-20,22-36,38-41H,9-11H2/b6-2+/t18-,19-,20-,22+,23-,24-,25+,26+,27+,28+,29-/m0/s1. The van der Waals surface area contributed by atoms with E-state index in [1.54, 1.807) is 0 Å². The van der Waals surface area contributed by atoms with E-state index >= 15 is 0 Å². The highest BCUT2D eigenvalue weighted by Gasteiger charge is 2.52. The molecule has 0 radical (unpaired) electrons. The molecule has 2 aromatic carbocycles. The fourth-order valence-corrected chi connectivity index (χ4v) is 4.82. The minimum atomic E-state index is -1.93. The molecule has 2 saturated heterocycles. The number of aliphatic hydroxyl groups is 7. The SMILES string of the molecule is O=C(/C=C/c1ccc(O)c(O)c1)O[C@H]1[C@H](O[C@@H]2O[C@@H](CO)[C@@H](O)[C@H](O)[C@@H]2O)[C@@H](O)[C@H](OC[C@H](O)c2ccc(O)c(O)c2)O[C@H]1CO. The van der Waals surface area contributed by atoms with Gasteiger partial charge in [-0.25, -0.2) is 4.79 Å². The van der Waals surface area contributed by atoms with Gasteiger partial charge in [-0.15, -0.1) is 0 Å². The third-order valence-electron chi connectivity index (χ3n) is 7.40. The van der Waals surface area contributed by atoms with Gasteiger partial charge in [0.05, 0.1) is 19.8 Å². The number of carbonyl (C=O) groups excluding carboxylic acids is 1. The Hall–Kier alpha value is -3.59. The van der Waals surface area contributed by atoms with E-state index in [2.05, 4.69) is 0 Å². The van der Waals surface area contributed by atoms with E-state index in [0.717, 1.165) is 24.3 Å². The van der Waals surface area contributed by atoms with Crippen LogP contribution >= 0.6 is 0 Å². The van der Waals surface area contributed by atoms with Crippen molar-refractivity contribution in [2.75, 3.05) is 19.8 Å². The lowest BCUT2D eigenvalue weighted by molar-refractivity contribution is -0.361. The van der Waals surface area contributed by atoms with E-state index in [1.165, 1.54) is 24.3 Å².